The number of hydrogen-bond acceptors (Lipinski definition) is 7. The number of piperidine rings is 1. The van der Waals surface area contributed by atoms with E-state index in [0.717, 1.165) is 37.9 Å². The molecule has 2 aliphatic rings. The number of nitrogens with one attached hydrogen (secondary N) is 4. The number of anilines is 1. The van der Waals surface area contributed by atoms with Crippen molar-refractivity contribution >= 4 is 33.3 Å². The van der Waals surface area contributed by atoms with Crippen LogP contribution in [-0.2, 0) is 30.6 Å². The molecule has 11 heteroatoms. The number of amides is 2. The summed E-state index contributed by atoms with van der Waals surface area (Å²) in [5, 5.41) is 21.9. The van der Waals surface area contributed by atoms with Crippen LogP contribution < -0.4 is 21.3 Å². The van der Waals surface area contributed by atoms with Gasteiger partial charge in [0.25, 0.3) is 0 Å². The summed E-state index contributed by atoms with van der Waals surface area (Å²) in [4.78, 5) is 35.6. The molecule has 2 atom stereocenters. The minimum absolute atomic E-state index is 0.0857. The van der Waals surface area contributed by atoms with Gasteiger partial charge in [-0.25, -0.2) is 13.2 Å². The van der Waals surface area contributed by atoms with Gasteiger partial charge in [-0.1, -0.05) is 29.8 Å². The smallest absolute Gasteiger partial charge is 0.346 e. The highest BCUT2D eigenvalue weighted by Gasteiger charge is 2.54. The Morgan fingerprint density at radius 1 is 0.947 bits per heavy atom. The summed E-state index contributed by atoms with van der Waals surface area (Å²) in [5.41, 5.74) is 1.72. The molecule has 0 saturated carbocycles. The quantitative estimate of drug-likeness (QED) is 0.320. The molecular weight excluding hydrogens is 508 g/mol. The van der Waals surface area contributed by atoms with Crippen molar-refractivity contribution in [3.63, 3.8) is 0 Å². The summed E-state index contributed by atoms with van der Waals surface area (Å²) < 4.78 is 27.7. The number of rotatable bonds is 9. The number of aryl methyl sites for hydroxylation is 1. The molecule has 0 bridgehead atoms. The van der Waals surface area contributed by atoms with E-state index in [4.69, 9.17) is 0 Å². The van der Waals surface area contributed by atoms with Crippen LogP contribution >= 0.6 is 0 Å². The third-order valence-electron chi connectivity index (χ3n) is 7.22. The second-order valence-electron chi connectivity index (χ2n) is 9.97. The minimum atomic E-state index is -4.58. The summed E-state index contributed by atoms with van der Waals surface area (Å²) >= 11 is 0. The monoisotopic (exact) mass is 542 g/mol. The maximum atomic E-state index is 13.9. The van der Waals surface area contributed by atoms with E-state index in [0.29, 0.717) is 24.2 Å². The molecule has 0 radical (unpaired) electrons. The molecule has 2 heterocycles. The van der Waals surface area contributed by atoms with Crippen molar-refractivity contribution in [1.29, 1.82) is 0 Å². The van der Waals surface area contributed by atoms with Crippen LogP contribution in [0.2, 0.25) is 0 Å². The number of carboxylic acids is 1. The number of hydrogen-bond donors (Lipinski definition) is 5. The number of carboxylic acid groups (broad SMARTS) is 1. The first-order valence-electron chi connectivity index (χ1n) is 12.8. The van der Waals surface area contributed by atoms with Crippen molar-refractivity contribution in [2.75, 3.05) is 25.0 Å². The summed E-state index contributed by atoms with van der Waals surface area (Å²) in [5.74, 6) is -2.52. The number of carbonyl (C=O) groups excluding carboxylic acids is 2. The van der Waals surface area contributed by atoms with Crippen molar-refractivity contribution in [1.82, 2.24) is 16.0 Å². The lowest BCUT2D eigenvalue weighted by Crippen LogP contribution is -2.63. The van der Waals surface area contributed by atoms with Gasteiger partial charge in [0.1, 0.15) is 0 Å². The summed E-state index contributed by atoms with van der Waals surface area (Å²) in [6, 6.07) is 11.6. The predicted octanol–water partition coefficient (Wildman–Crippen LogP) is 1.60. The van der Waals surface area contributed by atoms with Crippen molar-refractivity contribution < 1.29 is 27.9 Å². The molecule has 2 aliphatic heterocycles. The number of sulfone groups is 1. The number of carbonyl (C=O) groups is 3. The maximum absolute atomic E-state index is 13.9. The maximum Gasteiger partial charge on any atom is 0.346 e. The fraction of sp³-hybridized carbons (Fsp3) is 0.444. The zero-order valence-corrected chi connectivity index (χ0v) is 22.1. The molecule has 2 amide bonds. The van der Waals surface area contributed by atoms with E-state index < -0.39 is 39.0 Å². The van der Waals surface area contributed by atoms with E-state index in [2.05, 4.69) is 21.3 Å². The highest BCUT2D eigenvalue weighted by atomic mass is 32.2. The first kappa shape index (κ1) is 27.7. The Morgan fingerprint density at radius 2 is 1.61 bits per heavy atom. The highest BCUT2D eigenvalue weighted by molar-refractivity contribution is 7.93. The van der Waals surface area contributed by atoms with Crippen LogP contribution in [0, 0.1) is 12.8 Å². The molecule has 0 spiro atoms. The Bertz CT molecular complexity index is 1270. The second kappa shape index (κ2) is 11.6. The Kier molecular flexibility index (Phi) is 8.49. The molecule has 4 rings (SSSR count). The molecule has 204 valence electrons. The normalized spacial score (nSPS) is 19.9. The van der Waals surface area contributed by atoms with E-state index in [1.54, 1.807) is 43.3 Å². The zero-order chi connectivity index (χ0) is 27.3. The van der Waals surface area contributed by atoms with Crippen LogP contribution in [0.15, 0.2) is 53.4 Å². The molecule has 2 aromatic carbocycles. The lowest BCUT2D eigenvalue weighted by molar-refractivity contribution is -0.144. The molecule has 2 fully saturated rings. The van der Waals surface area contributed by atoms with Gasteiger partial charge in [0, 0.05) is 18.0 Å². The van der Waals surface area contributed by atoms with Crippen LogP contribution in [0.3, 0.4) is 0 Å². The SMILES string of the molecule is Cc1ccc(S(=O)(=O)[C@@](Cc2ccc(NC(=O)C3CCNCC3)cc2)(NC(=O)[C@@H]2CCCN2)C(=O)O)cc1. The topological polar surface area (TPSA) is 154 Å². The van der Waals surface area contributed by atoms with Gasteiger partial charge in [-0.05, 0) is 82.1 Å². The van der Waals surface area contributed by atoms with E-state index in [1.165, 1.54) is 12.1 Å². The van der Waals surface area contributed by atoms with Gasteiger partial charge in [0.2, 0.25) is 26.5 Å². The van der Waals surface area contributed by atoms with Crippen LogP contribution in [0.4, 0.5) is 5.69 Å². The van der Waals surface area contributed by atoms with Crippen molar-refractivity contribution in [3.8, 4) is 0 Å². The Morgan fingerprint density at radius 3 is 2.18 bits per heavy atom. The Labute approximate surface area is 222 Å². The van der Waals surface area contributed by atoms with Gasteiger partial charge in [0.05, 0.1) is 10.9 Å². The largest absolute Gasteiger partial charge is 0.479 e. The average Bonchev–Trinajstić information content (AvgIpc) is 3.45. The molecule has 0 aliphatic carbocycles. The lowest BCUT2D eigenvalue weighted by atomic mass is 9.97. The number of benzene rings is 2. The summed E-state index contributed by atoms with van der Waals surface area (Å²) in [6.45, 7) is 3.95. The third kappa shape index (κ3) is 5.90. The standard InChI is InChI=1S/C27H34N4O6S/c1-18-4-10-22(11-5-18)38(36,37)27(26(34)35,31-25(33)23-3-2-14-29-23)17-19-6-8-21(9-7-19)30-24(32)20-12-15-28-16-13-20/h4-11,20,23,28-29H,2-3,12-17H2,1H3,(H,30,32)(H,31,33)(H,34,35)/t23-,27+/m0/s1. The molecule has 38 heavy (non-hydrogen) atoms. The molecule has 2 aromatic rings. The van der Waals surface area contributed by atoms with E-state index >= 15 is 0 Å². The summed E-state index contributed by atoms with van der Waals surface area (Å²) in [6.07, 6.45) is 2.21. The second-order valence-corrected chi connectivity index (χ2v) is 12.1. The van der Waals surface area contributed by atoms with E-state index in [9.17, 15) is 27.9 Å². The Hall–Kier alpha value is -3.28. The molecule has 2 saturated heterocycles. The van der Waals surface area contributed by atoms with Gasteiger partial charge >= 0.3 is 5.97 Å². The van der Waals surface area contributed by atoms with Crippen LogP contribution in [0.1, 0.15) is 36.8 Å². The number of aliphatic carboxylic acids is 1. The van der Waals surface area contributed by atoms with E-state index in [1.807, 2.05) is 0 Å². The van der Waals surface area contributed by atoms with Crippen molar-refractivity contribution in [2.45, 2.75) is 54.8 Å². The van der Waals surface area contributed by atoms with Crippen molar-refractivity contribution in [2.24, 2.45) is 5.92 Å². The van der Waals surface area contributed by atoms with E-state index in [-0.39, 0.29) is 16.7 Å². The van der Waals surface area contributed by atoms with Gasteiger partial charge in [-0.3, -0.25) is 9.59 Å². The summed E-state index contributed by atoms with van der Waals surface area (Å²) in [7, 11) is -4.58. The van der Waals surface area contributed by atoms with Gasteiger partial charge < -0.3 is 26.4 Å². The predicted molar refractivity (Wildman–Crippen MR) is 142 cm³/mol. The van der Waals surface area contributed by atoms with Crippen LogP contribution in [0.25, 0.3) is 0 Å². The fourth-order valence-electron chi connectivity index (χ4n) is 4.89. The highest BCUT2D eigenvalue weighted by Crippen LogP contribution is 2.30. The van der Waals surface area contributed by atoms with Crippen LogP contribution in [-0.4, -0.2) is 61.9 Å². The first-order valence-corrected chi connectivity index (χ1v) is 14.3. The zero-order valence-electron chi connectivity index (χ0n) is 21.3. The first-order chi connectivity index (χ1) is 18.1. The fourth-order valence-corrected chi connectivity index (χ4v) is 6.60. The van der Waals surface area contributed by atoms with Gasteiger partial charge in [-0.2, -0.15) is 0 Å². The third-order valence-corrected chi connectivity index (χ3v) is 9.45. The van der Waals surface area contributed by atoms with Crippen molar-refractivity contribution in [3.05, 3.63) is 59.7 Å². The molecule has 0 unspecified atom stereocenters. The molecule has 10 nitrogen and oxygen atoms in total. The molecular formula is C27H34N4O6S. The Balaban J connectivity index is 1.63. The van der Waals surface area contributed by atoms with Gasteiger partial charge in [0.15, 0.2) is 0 Å². The van der Waals surface area contributed by atoms with Crippen LogP contribution in [0.5, 0.6) is 0 Å². The average molecular weight is 543 g/mol. The molecule has 5 N–H and O–H groups in total. The van der Waals surface area contributed by atoms with Gasteiger partial charge in [-0.15, -0.1) is 0 Å². The minimum Gasteiger partial charge on any atom is -0.479 e. The lowest BCUT2D eigenvalue weighted by Gasteiger charge is -2.31. The molecule has 0 aromatic heterocycles.